The molecule has 1 aliphatic heterocycles. The lowest BCUT2D eigenvalue weighted by Gasteiger charge is -2.25. The van der Waals surface area contributed by atoms with Crippen LogP contribution in [0, 0.1) is 0 Å². The summed E-state index contributed by atoms with van der Waals surface area (Å²) in [6.07, 6.45) is 0.599. The molecular weight excluding hydrogens is 520 g/mol. The van der Waals surface area contributed by atoms with E-state index in [4.69, 9.17) is 14.0 Å². The Bertz CT molecular complexity index is 1360. The topological polar surface area (TPSA) is 135 Å². The highest BCUT2D eigenvalue weighted by Gasteiger charge is 2.30. The third-order valence-corrected chi connectivity index (χ3v) is 7.90. The quantitative estimate of drug-likeness (QED) is 0.237. The van der Waals surface area contributed by atoms with Crippen LogP contribution >= 0.6 is 23.1 Å². The Morgan fingerprint density at radius 2 is 2.03 bits per heavy atom. The number of benzene rings is 1. The Labute approximate surface area is 220 Å². The normalized spacial score (nSPS) is 12.7. The number of thioether (sulfide) groups is 1. The van der Waals surface area contributed by atoms with Gasteiger partial charge in [-0.15, -0.1) is 11.3 Å². The van der Waals surface area contributed by atoms with Crippen LogP contribution < -0.4 is 20.4 Å². The number of thiophene rings is 1. The summed E-state index contributed by atoms with van der Waals surface area (Å²) >= 11 is 2.46. The third kappa shape index (κ3) is 5.88. The molecule has 0 spiro atoms. The molecule has 2 amide bonds. The zero-order chi connectivity index (χ0) is 26.5. The smallest absolute Gasteiger partial charge is 0.442 e. The number of methoxy groups -OCH3 is 1. The number of amides is 2. The zero-order valence-corrected chi connectivity index (χ0v) is 22.3. The summed E-state index contributed by atoms with van der Waals surface area (Å²) in [5, 5.41) is 6.11. The maximum absolute atomic E-state index is 12.8. The average molecular weight is 548 g/mol. The second-order valence-electron chi connectivity index (χ2n) is 8.08. The Kier molecular flexibility index (Phi) is 8.34. The van der Waals surface area contributed by atoms with Gasteiger partial charge in [-0.1, -0.05) is 0 Å². The van der Waals surface area contributed by atoms with Gasteiger partial charge in [0, 0.05) is 42.7 Å². The third-order valence-electron chi connectivity index (χ3n) is 5.74. The molecule has 1 aromatic carbocycles. The molecule has 2 aromatic heterocycles. The predicted octanol–water partition coefficient (Wildman–Crippen LogP) is 2.52. The number of H-pyrrole nitrogens is 1. The molecule has 4 rings (SSSR count). The maximum Gasteiger partial charge on any atom is 0.442 e. The van der Waals surface area contributed by atoms with Crippen molar-refractivity contribution in [1.82, 2.24) is 10.2 Å². The zero-order valence-electron chi connectivity index (χ0n) is 20.6. The van der Waals surface area contributed by atoms with Crippen LogP contribution in [0.25, 0.3) is 5.69 Å². The number of hydrogen-bond donors (Lipinski definition) is 2. The molecule has 11 nitrogen and oxygen atoms in total. The summed E-state index contributed by atoms with van der Waals surface area (Å²) in [7, 11) is 1.57. The van der Waals surface area contributed by atoms with Crippen molar-refractivity contribution < 1.29 is 33.1 Å². The molecule has 1 aliphatic rings. The highest BCUT2D eigenvalue weighted by atomic mass is 32.2. The lowest BCUT2D eigenvalue weighted by molar-refractivity contribution is -0.704. The van der Waals surface area contributed by atoms with Gasteiger partial charge in [-0.25, -0.2) is 9.59 Å². The molecule has 0 atom stereocenters. The van der Waals surface area contributed by atoms with Gasteiger partial charge in [0.1, 0.15) is 10.8 Å². The Morgan fingerprint density at radius 3 is 2.70 bits per heavy atom. The molecule has 0 aliphatic carbocycles. The van der Waals surface area contributed by atoms with Crippen LogP contribution in [0.5, 0.6) is 5.75 Å². The van der Waals surface area contributed by atoms with Gasteiger partial charge in [0.15, 0.2) is 0 Å². The number of rotatable bonds is 9. The van der Waals surface area contributed by atoms with Crippen molar-refractivity contribution >= 4 is 45.9 Å². The van der Waals surface area contributed by atoms with E-state index in [1.807, 2.05) is 0 Å². The number of carbonyl (C=O) groups is 3. The molecule has 37 heavy (non-hydrogen) atoms. The fourth-order valence-electron chi connectivity index (χ4n) is 3.90. The number of carbonyl (C=O) groups excluding carboxylic acids is 3. The van der Waals surface area contributed by atoms with Crippen molar-refractivity contribution in [3.8, 4) is 11.4 Å². The van der Waals surface area contributed by atoms with Crippen LogP contribution in [-0.2, 0) is 27.3 Å². The Morgan fingerprint density at radius 1 is 1.27 bits per heavy atom. The summed E-state index contributed by atoms with van der Waals surface area (Å²) in [4.78, 5) is 52.1. The summed E-state index contributed by atoms with van der Waals surface area (Å²) in [6, 6.07) is 7.05. The largest absolute Gasteiger partial charge is 0.497 e. The van der Waals surface area contributed by atoms with Gasteiger partial charge in [0.25, 0.3) is 0 Å². The molecule has 0 radical (unpaired) electrons. The second-order valence-corrected chi connectivity index (χ2v) is 10.3. The van der Waals surface area contributed by atoms with Crippen LogP contribution in [0.1, 0.15) is 41.1 Å². The van der Waals surface area contributed by atoms with Crippen molar-refractivity contribution in [2.45, 2.75) is 38.3 Å². The number of hydrogen-bond acceptors (Lipinski definition) is 9. The highest BCUT2D eigenvalue weighted by molar-refractivity contribution is 7.99. The molecule has 0 saturated carbocycles. The Balaban J connectivity index is 1.44. The van der Waals surface area contributed by atoms with Crippen LogP contribution in [0.2, 0.25) is 0 Å². The minimum absolute atomic E-state index is 0.0412. The van der Waals surface area contributed by atoms with Crippen LogP contribution in [0.3, 0.4) is 0 Å². The fourth-order valence-corrected chi connectivity index (χ4v) is 6.08. The SMILES string of the molecule is CCOC(=O)c1c(NC(=O)CCSc2c(=O)o[nH][n+]2-c2ccc(OC)cc2)sc2c1CCN(C(C)=O)C2. The van der Waals surface area contributed by atoms with E-state index >= 15 is 0 Å². The van der Waals surface area contributed by atoms with Crippen molar-refractivity contribution in [3.05, 3.63) is 50.7 Å². The molecule has 3 aromatic rings. The number of aromatic amines is 1. The van der Waals surface area contributed by atoms with Crippen molar-refractivity contribution in [3.63, 3.8) is 0 Å². The lowest BCUT2D eigenvalue weighted by Crippen LogP contribution is -2.36. The summed E-state index contributed by atoms with van der Waals surface area (Å²) in [6.45, 7) is 4.33. The summed E-state index contributed by atoms with van der Waals surface area (Å²) in [5.74, 6) is 0.123. The number of aromatic nitrogens is 2. The number of nitrogens with one attached hydrogen (secondary N) is 2. The van der Waals surface area contributed by atoms with E-state index < -0.39 is 11.6 Å². The van der Waals surface area contributed by atoms with Gasteiger partial charge in [-0.3, -0.25) is 14.1 Å². The standard InChI is InChI=1S/C24H26N4O7S2/c1-4-34-23(31)20-17-9-11-27(14(2)29)13-18(17)37-21(20)25-19(30)10-12-36-22-24(32)35-26-28(22)15-5-7-16(33-3)8-6-15/h5-8H,4,9-13H2,1-3H3,(H-,25,26,30,31,32)/p+1. The Hall–Kier alpha value is -3.58. The first-order valence-electron chi connectivity index (χ1n) is 11.6. The van der Waals surface area contributed by atoms with Crippen molar-refractivity contribution in [2.24, 2.45) is 0 Å². The predicted molar refractivity (Wildman–Crippen MR) is 136 cm³/mol. The van der Waals surface area contributed by atoms with Gasteiger partial charge >= 0.3 is 16.6 Å². The highest BCUT2D eigenvalue weighted by Crippen LogP contribution is 2.38. The summed E-state index contributed by atoms with van der Waals surface area (Å²) < 4.78 is 16.8. The van der Waals surface area contributed by atoms with E-state index in [0.29, 0.717) is 52.3 Å². The molecule has 0 fully saturated rings. The number of nitrogens with zero attached hydrogens (tertiary/aromatic N) is 2. The number of esters is 1. The van der Waals surface area contributed by atoms with Crippen molar-refractivity contribution in [2.75, 3.05) is 31.3 Å². The number of fused-ring (bicyclic) bond motifs is 1. The van der Waals surface area contributed by atoms with Crippen LogP contribution in [0.4, 0.5) is 5.00 Å². The first kappa shape index (κ1) is 26.5. The molecule has 0 bridgehead atoms. The molecule has 3 heterocycles. The monoisotopic (exact) mass is 547 g/mol. The van der Waals surface area contributed by atoms with E-state index in [1.165, 1.54) is 34.7 Å². The molecule has 196 valence electrons. The van der Waals surface area contributed by atoms with E-state index in [0.717, 1.165) is 10.4 Å². The van der Waals surface area contributed by atoms with Crippen LogP contribution in [0.15, 0.2) is 38.6 Å². The van der Waals surface area contributed by atoms with Gasteiger partial charge in [-0.2, -0.15) is 0 Å². The minimum atomic E-state index is -0.549. The second kappa shape index (κ2) is 11.6. The molecule has 0 unspecified atom stereocenters. The van der Waals surface area contributed by atoms with Crippen LogP contribution in [-0.4, -0.2) is 54.0 Å². The maximum atomic E-state index is 12.8. The van der Waals surface area contributed by atoms with Gasteiger partial charge in [-0.05, 0) is 52.8 Å². The number of anilines is 1. The molecule has 13 heteroatoms. The van der Waals surface area contributed by atoms with E-state index in [9.17, 15) is 19.2 Å². The fraction of sp³-hybridized carbons (Fsp3) is 0.375. The van der Waals surface area contributed by atoms with E-state index in [-0.39, 0.29) is 24.8 Å². The van der Waals surface area contributed by atoms with Gasteiger partial charge < -0.3 is 19.7 Å². The molecular formula is C24H27N4O7S2+. The summed E-state index contributed by atoms with van der Waals surface area (Å²) in [5.41, 5.74) is 1.29. The average Bonchev–Trinajstić information content (AvgIpc) is 3.43. The van der Waals surface area contributed by atoms with E-state index in [2.05, 4.69) is 10.6 Å². The minimum Gasteiger partial charge on any atom is -0.497 e. The molecule has 0 saturated heterocycles. The first-order chi connectivity index (χ1) is 17.8. The first-order valence-corrected chi connectivity index (χ1v) is 13.4. The van der Waals surface area contributed by atoms with E-state index in [1.54, 1.807) is 43.2 Å². The van der Waals surface area contributed by atoms with Crippen molar-refractivity contribution in [1.29, 1.82) is 0 Å². The van der Waals surface area contributed by atoms with Gasteiger partial charge in [0.05, 0.1) is 25.8 Å². The number of ether oxygens (including phenoxy) is 2. The molecule has 2 N–H and O–H groups in total. The van der Waals surface area contributed by atoms with Gasteiger partial charge in [0.2, 0.25) is 17.5 Å². The lowest BCUT2D eigenvalue weighted by atomic mass is 10.0.